The molecule has 3 atom stereocenters. The van der Waals surface area contributed by atoms with Gasteiger partial charge in [-0.1, -0.05) is 12.1 Å². The average Bonchev–Trinajstić information content (AvgIpc) is 3.07. The Balaban J connectivity index is 1.53. The van der Waals surface area contributed by atoms with E-state index < -0.39 is 11.6 Å². The lowest BCUT2D eigenvalue weighted by Crippen LogP contribution is -2.60. The molecule has 27 heavy (non-hydrogen) atoms. The maximum Gasteiger partial charge on any atom is 0.305 e. The number of likely N-dealkylation sites (tertiary alicyclic amines) is 1. The zero-order valence-corrected chi connectivity index (χ0v) is 15.9. The number of carbonyl (C=O) groups excluding carboxylic acids is 1. The summed E-state index contributed by atoms with van der Waals surface area (Å²) < 4.78 is 33.4. The number of rotatable bonds is 6. The largest absolute Gasteiger partial charge is 0.466 e. The van der Waals surface area contributed by atoms with Crippen LogP contribution in [0, 0.1) is 17.6 Å². The van der Waals surface area contributed by atoms with Crippen LogP contribution in [0.1, 0.15) is 44.1 Å². The normalized spacial score (nSPS) is 32.5. The average molecular weight is 378 g/mol. The van der Waals surface area contributed by atoms with Crippen molar-refractivity contribution in [2.75, 3.05) is 32.8 Å². The van der Waals surface area contributed by atoms with Crippen molar-refractivity contribution in [1.29, 1.82) is 0 Å². The lowest BCUT2D eigenvalue weighted by atomic mass is 9.75. The van der Waals surface area contributed by atoms with Crippen molar-refractivity contribution >= 4 is 5.97 Å². The van der Waals surface area contributed by atoms with E-state index >= 15 is 0 Å². The molecule has 1 aromatic carbocycles. The number of hydrogen-bond donors (Lipinski definition) is 0. The van der Waals surface area contributed by atoms with Crippen LogP contribution < -0.4 is 0 Å². The van der Waals surface area contributed by atoms with Crippen LogP contribution in [-0.2, 0) is 9.53 Å². The second-order valence-electron chi connectivity index (χ2n) is 8.01. The summed E-state index contributed by atoms with van der Waals surface area (Å²) in [5.41, 5.74) is 0.505. The summed E-state index contributed by atoms with van der Waals surface area (Å²) >= 11 is 0. The molecule has 0 saturated carbocycles. The molecule has 0 spiro atoms. The van der Waals surface area contributed by atoms with E-state index in [1.54, 1.807) is 12.1 Å². The van der Waals surface area contributed by atoms with E-state index in [0.717, 1.165) is 32.6 Å². The van der Waals surface area contributed by atoms with Crippen molar-refractivity contribution in [2.24, 2.45) is 5.92 Å². The third kappa shape index (κ3) is 3.49. The number of halogens is 2. The molecule has 4 heterocycles. The zero-order valence-electron chi connectivity index (χ0n) is 15.9. The molecular formula is C21H28F2N2O2. The summed E-state index contributed by atoms with van der Waals surface area (Å²) in [6.07, 6.45) is 3.50. The van der Waals surface area contributed by atoms with Crippen LogP contribution in [0.25, 0.3) is 0 Å². The molecule has 0 N–H and O–H groups in total. The molecule has 4 aliphatic heterocycles. The lowest BCUT2D eigenvalue weighted by molar-refractivity contribution is -0.143. The van der Waals surface area contributed by atoms with E-state index in [-0.39, 0.29) is 17.9 Å². The second-order valence-corrected chi connectivity index (χ2v) is 8.01. The highest BCUT2D eigenvalue weighted by molar-refractivity contribution is 5.69. The van der Waals surface area contributed by atoms with Gasteiger partial charge in [-0.2, -0.15) is 0 Å². The third-order valence-corrected chi connectivity index (χ3v) is 6.61. The molecule has 5 rings (SSSR count). The van der Waals surface area contributed by atoms with Crippen molar-refractivity contribution in [3.63, 3.8) is 0 Å². The van der Waals surface area contributed by atoms with E-state index in [0.29, 0.717) is 30.6 Å². The van der Waals surface area contributed by atoms with Gasteiger partial charge in [-0.15, -0.1) is 0 Å². The van der Waals surface area contributed by atoms with Crippen molar-refractivity contribution in [3.05, 3.63) is 35.4 Å². The maximum atomic E-state index is 14.6. The van der Waals surface area contributed by atoms with Gasteiger partial charge in [0.2, 0.25) is 0 Å². The van der Waals surface area contributed by atoms with E-state index in [1.165, 1.54) is 18.9 Å². The molecule has 0 aliphatic carbocycles. The quantitative estimate of drug-likeness (QED) is 0.712. The Bertz CT molecular complexity index is 691. The molecule has 0 unspecified atom stereocenters. The first-order valence-corrected chi connectivity index (χ1v) is 10.2. The Morgan fingerprint density at radius 1 is 1.22 bits per heavy atom. The number of esters is 1. The van der Waals surface area contributed by atoms with Crippen molar-refractivity contribution in [3.8, 4) is 0 Å². The monoisotopic (exact) mass is 378 g/mol. The molecule has 0 radical (unpaired) electrons. The van der Waals surface area contributed by atoms with Gasteiger partial charge in [-0.3, -0.25) is 14.6 Å². The zero-order chi connectivity index (χ0) is 19.0. The Kier molecular flexibility index (Phi) is 5.46. The molecule has 4 aliphatic rings. The van der Waals surface area contributed by atoms with Crippen LogP contribution in [0.4, 0.5) is 8.78 Å². The smallest absolute Gasteiger partial charge is 0.305 e. The second kappa shape index (κ2) is 7.84. The third-order valence-electron chi connectivity index (χ3n) is 6.61. The Labute approximate surface area is 159 Å². The number of fused-ring (bicyclic) bond motifs is 2. The van der Waals surface area contributed by atoms with Gasteiger partial charge in [0, 0.05) is 31.0 Å². The lowest BCUT2D eigenvalue weighted by Gasteiger charge is -2.51. The minimum absolute atomic E-state index is 0.0172. The molecule has 0 amide bonds. The number of benzene rings is 1. The van der Waals surface area contributed by atoms with Gasteiger partial charge >= 0.3 is 5.97 Å². The topological polar surface area (TPSA) is 32.8 Å². The minimum atomic E-state index is -0.763. The van der Waals surface area contributed by atoms with Gasteiger partial charge < -0.3 is 4.74 Å². The fourth-order valence-electron chi connectivity index (χ4n) is 5.53. The Morgan fingerprint density at radius 2 is 2.00 bits per heavy atom. The number of ether oxygens (including phenoxy) is 1. The van der Waals surface area contributed by atoms with E-state index in [9.17, 15) is 13.6 Å². The fourth-order valence-corrected chi connectivity index (χ4v) is 5.53. The van der Waals surface area contributed by atoms with Crippen LogP contribution in [0.2, 0.25) is 0 Å². The summed E-state index contributed by atoms with van der Waals surface area (Å²) in [5, 5.41) is 0. The number of piperidine rings is 3. The molecule has 2 bridgehead atoms. The standard InChI is InChI=1S/C21H28F2N2O2/c1-2-27-18(26)7-4-10-25-13-16(15-5-3-6-17(22)19(15)23)21-20(25)14-8-11-24(21)12-9-14/h3,5-6,14,16,20-21H,2,4,7-13H2,1H3/t16-,20+,21+/m1/s1. The van der Waals surface area contributed by atoms with Crippen LogP contribution in [-0.4, -0.2) is 60.6 Å². The highest BCUT2D eigenvalue weighted by Gasteiger charge is 2.53. The number of hydrogen-bond acceptors (Lipinski definition) is 4. The minimum Gasteiger partial charge on any atom is -0.466 e. The van der Waals surface area contributed by atoms with Gasteiger partial charge in [0.1, 0.15) is 0 Å². The van der Waals surface area contributed by atoms with Gasteiger partial charge in [0.05, 0.1) is 6.61 Å². The first kappa shape index (κ1) is 18.8. The summed E-state index contributed by atoms with van der Waals surface area (Å²) in [5.74, 6) is -1.02. The van der Waals surface area contributed by atoms with Gasteiger partial charge in [-0.05, 0) is 63.4 Å². The predicted octanol–water partition coefficient (Wildman–Crippen LogP) is 3.17. The van der Waals surface area contributed by atoms with Crippen molar-refractivity contribution < 1.29 is 18.3 Å². The van der Waals surface area contributed by atoms with E-state index in [1.807, 2.05) is 6.92 Å². The molecule has 0 aromatic heterocycles. The van der Waals surface area contributed by atoms with Crippen molar-refractivity contribution in [2.45, 2.75) is 50.6 Å². The summed E-state index contributed by atoms with van der Waals surface area (Å²) in [6.45, 7) is 5.86. The Hall–Kier alpha value is -1.53. The van der Waals surface area contributed by atoms with Crippen LogP contribution in [0.3, 0.4) is 0 Å². The fraction of sp³-hybridized carbons (Fsp3) is 0.667. The van der Waals surface area contributed by atoms with Gasteiger partial charge in [-0.25, -0.2) is 8.78 Å². The summed E-state index contributed by atoms with van der Waals surface area (Å²) in [7, 11) is 0. The molecule has 4 fully saturated rings. The van der Waals surface area contributed by atoms with Crippen molar-refractivity contribution in [1.82, 2.24) is 9.80 Å². The van der Waals surface area contributed by atoms with Gasteiger partial charge in [0.15, 0.2) is 11.6 Å². The SMILES string of the molecule is CCOC(=O)CCCN1C[C@H](c2cccc(F)c2F)[C@H]2[C@@H]1C1CCN2CC1. The highest BCUT2D eigenvalue weighted by atomic mass is 19.2. The summed E-state index contributed by atoms with van der Waals surface area (Å²) in [6, 6.07) is 5.17. The molecule has 6 heteroatoms. The van der Waals surface area contributed by atoms with E-state index in [4.69, 9.17) is 4.74 Å². The first-order valence-electron chi connectivity index (χ1n) is 10.2. The van der Waals surface area contributed by atoms with Gasteiger partial charge in [0.25, 0.3) is 0 Å². The van der Waals surface area contributed by atoms with Crippen LogP contribution in [0.5, 0.6) is 0 Å². The molecular weight excluding hydrogens is 350 g/mol. The van der Waals surface area contributed by atoms with E-state index in [2.05, 4.69) is 9.80 Å². The maximum absolute atomic E-state index is 14.6. The number of nitrogens with zero attached hydrogens (tertiary/aromatic N) is 2. The highest BCUT2D eigenvalue weighted by Crippen LogP contribution is 2.47. The Morgan fingerprint density at radius 3 is 2.74 bits per heavy atom. The number of carbonyl (C=O) groups is 1. The molecule has 4 nitrogen and oxygen atoms in total. The predicted molar refractivity (Wildman–Crippen MR) is 98.4 cm³/mol. The summed E-state index contributed by atoms with van der Waals surface area (Å²) in [4.78, 5) is 16.6. The van der Waals surface area contributed by atoms with Crippen LogP contribution in [0.15, 0.2) is 18.2 Å². The first-order chi connectivity index (χ1) is 13.1. The molecule has 4 saturated heterocycles. The van der Waals surface area contributed by atoms with Crippen LogP contribution >= 0.6 is 0 Å². The molecule has 148 valence electrons. The molecule has 1 aromatic rings.